The molecule has 0 aliphatic heterocycles. The van der Waals surface area contributed by atoms with Crippen molar-refractivity contribution < 1.29 is 0 Å². The lowest BCUT2D eigenvalue weighted by Crippen LogP contribution is -2.16. The molecule has 0 saturated heterocycles. The highest BCUT2D eigenvalue weighted by Crippen LogP contribution is 2.42. The molecule has 0 fully saturated rings. The van der Waals surface area contributed by atoms with Crippen LogP contribution in [-0.4, -0.2) is 29.9 Å². The van der Waals surface area contributed by atoms with Crippen molar-refractivity contribution in [1.29, 1.82) is 0 Å². The largest absolute Gasteiger partial charge is 0.250 e. The van der Waals surface area contributed by atoms with Crippen molar-refractivity contribution in [1.82, 2.24) is 29.9 Å². The van der Waals surface area contributed by atoms with Crippen molar-refractivity contribution in [3.05, 3.63) is 84.0 Å². The smallest absolute Gasteiger partial charge is 0.209 e. The number of nitrogens with zero attached hydrogens (tertiary/aromatic N) is 6. The van der Waals surface area contributed by atoms with Gasteiger partial charge in [0.25, 0.3) is 0 Å². The highest BCUT2D eigenvalue weighted by molar-refractivity contribution is 7.99. The monoisotopic (exact) mass is 842 g/mol. The number of hydrogen-bond acceptors (Lipinski definition) is 8. The van der Waals surface area contributed by atoms with Gasteiger partial charge in [0.05, 0.1) is 0 Å². The molecule has 6 nitrogen and oxygen atoms in total. The summed E-state index contributed by atoms with van der Waals surface area (Å²) in [5.41, 5.74) is 0. The topological polar surface area (TPSA) is 77.3 Å². The zero-order valence-electron chi connectivity index (χ0n) is 19.8. The highest BCUT2D eigenvalue weighted by atomic mass is 35.6. The molecule has 4 rings (SSSR count). The summed E-state index contributed by atoms with van der Waals surface area (Å²) >= 11 is 72.0. The lowest BCUT2D eigenvalue weighted by atomic mass is 10.4. The lowest BCUT2D eigenvalue weighted by molar-refractivity contribution is 0.767. The molecule has 0 bridgehead atoms. The molecule has 0 amide bonds. The standard InChI is InChI=1S/2C11H5Cl6N3S/c2*12-10(13,14)7-18-8(11(15,16)17)20-9(19-7)21-6-4-2-1-3-5-6/h2*1-5H. The van der Waals surface area contributed by atoms with Crippen molar-refractivity contribution in [2.75, 3.05) is 0 Å². The highest BCUT2D eigenvalue weighted by Gasteiger charge is 2.35. The summed E-state index contributed by atoms with van der Waals surface area (Å²) in [7, 11) is 0. The molecular formula is C22H10Cl12N6S2. The molecule has 4 aromatic rings. The van der Waals surface area contributed by atoms with Crippen LogP contribution in [0.3, 0.4) is 0 Å². The van der Waals surface area contributed by atoms with Crippen LogP contribution in [0.4, 0.5) is 0 Å². The lowest BCUT2D eigenvalue weighted by Gasteiger charge is -2.15. The average molecular weight is 848 g/mol. The van der Waals surface area contributed by atoms with E-state index in [0.717, 1.165) is 9.79 Å². The van der Waals surface area contributed by atoms with E-state index in [-0.39, 0.29) is 33.6 Å². The van der Waals surface area contributed by atoms with E-state index in [1.165, 1.54) is 23.5 Å². The maximum absolute atomic E-state index is 5.80. The van der Waals surface area contributed by atoms with Gasteiger partial charge in [-0.05, 0) is 47.8 Å². The van der Waals surface area contributed by atoms with Crippen molar-refractivity contribution in [2.45, 2.75) is 35.3 Å². The molecule has 42 heavy (non-hydrogen) atoms. The van der Waals surface area contributed by atoms with Gasteiger partial charge in [-0.1, -0.05) is 176 Å². The van der Waals surface area contributed by atoms with Gasteiger partial charge in [-0.25, -0.2) is 29.9 Å². The Balaban J connectivity index is 0.000000230. The Morgan fingerprint density at radius 3 is 0.810 bits per heavy atom. The maximum atomic E-state index is 5.80. The molecule has 2 aromatic heterocycles. The Bertz CT molecular complexity index is 1300. The van der Waals surface area contributed by atoms with Crippen LogP contribution in [0.2, 0.25) is 0 Å². The van der Waals surface area contributed by atoms with Crippen LogP contribution >= 0.6 is 163 Å². The summed E-state index contributed by atoms with van der Waals surface area (Å²) < 4.78 is -7.39. The summed E-state index contributed by atoms with van der Waals surface area (Å²) in [5, 5.41) is 0.526. The third-order valence-electron chi connectivity index (χ3n) is 4.15. The molecule has 2 heterocycles. The predicted octanol–water partition coefficient (Wildman–Crippen LogP) is 11.4. The summed E-state index contributed by atoms with van der Waals surface area (Å²) in [6, 6.07) is 18.7. The Kier molecular flexibility index (Phi) is 13.7. The molecule has 0 unspecified atom stereocenters. The minimum atomic E-state index is -1.85. The van der Waals surface area contributed by atoms with E-state index in [0.29, 0.717) is 0 Å². The first-order valence-corrected chi connectivity index (χ1v) is 16.8. The van der Waals surface area contributed by atoms with E-state index in [1.54, 1.807) is 0 Å². The molecule has 0 saturated carbocycles. The van der Waals surface area contributed by atoms with Gasteiger partial charge in [-0.2, -0.15) is 0 Å². The Labute approximate surface area is 308 Å². The van der Waals surface area contributed by atoms with Gasteiger partial charge in [0.1, 0.15) is 0 Å². The first-order valence-electron chi connectivity index (χ1n) is 10.6. The molecule has 0 aliphatic carbocycles. The summed E-state index contributed by atoms with van der Waals surface area (Å²) in [4.78, 5) is 25.9. The van der Waals surface area contributed by atoms with Crippen molar-refractivity contribution >= 4 is 163 Å². The fourth-order valence-electron chi connectivity index (χ4n) is 2.50. The van der Waals surface area contributed by atoms with E-state index < -0.39 is 15.2 Å². The van der Waals surface area contributed by atoms with Gasteiger partial charge in [0, 0.05) is 9.79 Å². The van der Waals surface area contributed by atoms with Crippen LogP contribution < -0.4 is 0 Å². The van der Waals surface area contributed by atoms with Crippen LogP contribution in [0.15, 0.2) is 80.8 Å². The number of hydrogen-bond donors (Lipinski definition) is 0. The summed E-state index contributed by atoms with van der Waals surface area (Å²) in [6.45, 7) is 0. The van der Waals surface area contributed by atoms with Crippen LogP contribution in [0.1, 0.15) is 23.3 Å². The molecule has 20 heteroatoms. The van der Waals surface area contributed by atoms with Gasteiger partial charge in [-0.3, -0.25) is 0 Å². The zero-order valence-corrected chi connectivity index (χ0v) is 30.5. The molecule has 0 spiro atoms. The van der Waals surface area contributed by atoms with Crippen molar-refractivity contribution in [3.63, 3.8) is 0 Å². The molecule has 0 N–H and O–H groups in total. The number of alkyl halides is 12. The zero-order chi connectivity index (χ0) is 31.3. The quantitative estimate of drug-likeness (QED) is 0.188. The summed E-state index contributed by atoms with van der Waals surface area (Å²) in [5.74, 6) is -0.436. The number of benzene rings is 2. The van der Waals surface area contributed by atoms with Crippen LogP contribution in [-0.2, 0) is 15.2 Å². The predicted molar refractivity (Wildman–Crippen MR) is 178 cm³/mol. The fraction of sp³-hybridized carbons (Fsp3) is 0.182. The van der Waals surface area contributed by atoms with Crippen LogP contribution in [0, 0.1) is 0 Å². The first-order chi connectivity index (χ1) is 19.3. The number of halogens is 12. The van der Waals surface area contributed by atoms with Crippen molar-refractivity contribution in [3.8, 4) is 0 Å². The third-order valence-corrected chi connectivity index (χ3v) is 7.92. The minimum absolute atomic E-state index is 0.109. The Morgan fingerprint density at radius 2 is 0.595 bits per heavy atom. The van der Waals surface area contributed by atoms with Gasteiger partial charge >= 0.3 is 0 Å². The molecule has 2 aromatic carbocycles. The van der Waals surface area contributed by atoms with E-state index in [1.807, 2.05) is 60.7 Å². The maximum Gasteiger partial charge on any atom is 0.250 e. The van der Waals surface area contributed by atoms with E-state index in [4.69, 9.17) is 139 Å². The molecule has 224 valence electrons. The minimum Gasteiger partial charge on any atom is -0.209 e. The normalized spacial score (nSPS) is 12.5. The van der Waals surface area contributed by atoms with Crippen molar-refractivity contribution in [2.24, 2.45) is 0 Å². The third kappa shape index (κ3) is 12.1. The molecular weight excluding hydrogens is 838 g/mol. The Morgan fingerprint density at radius 1 is 0.357 bits per heavy atom. The van der Waals surface area contributed by atoms with E-state index >= 15 is 0 Å². The molecule has 0 aliphatic rings. The van der Waals surface area contributed by atoms with Gasteiger partial charge in [0.2, 0.25) is 15.2 Å². The number of aromatic nitrogens is 6. The molecule has 0 radical (unpaired) electrons. The van der Waals surface area contributed by atoms with Crippen LogP contribution in [0.5, 0.6) is 0 Å². The van der Waals surface area contributed by atoms with Gasteiger partial charge in [0.15, 0.2) is 33.6 Å². The second-order valence-electron chi connectivity index (χ2n) is 7.35. The Hall–Kier alpha value is 0.640. The number of rotatable bonds is 4. The second-order valence-corrected chi connectivity index (χ2v) is 18.6. The van der Waals surface area contributed by atoms with Gasteiger partial charge < -0.3 is 0 Å². The van der Waals surface area contributed by atoms with E-state index in [2.05, 4.69) is 29.9 Å². The van der Waals surface area contributed by atoms with Gasteiger partial charge in [-0.15, -0.1) is 0 Å². The second kappa shape index (κ2) is 15.5. The molecule has 0 atom stereocenters. The first kappa shape index (κ1) is 37.1. The average Bonchev–Trinajstić information content (AvgIpc) is 2.88. The SMILES string of the molecule is ClC(Cl)(Cl)c1nc(Sc2ccccc2)nc(C(Cl)(Cl)Cl)n1.ClC(Cl)(Cl)c1nc(Sc2ccccc2)nc(C(Cl)(Cl)Cl)n1. The van der Waals surface area contributed by atoms with E-state index in [9.17, 15) is 0 Å². The summed E-state index contributed by atoms with van der Waals surface area (Å²) in [6.07, 6.45) is 0. The fourth-order valence-corrected chi connectivity index (χ4v) is 5.05. The van der Waals surface area contributed by atoms with Crippen LogP contribution in [0.25, 0.3) is 0 Å².